The predicted octanol–water partition coefficient (Wildman–Crippen LogP) is 5.60. The van der Waals surface area contributed by atoms with Crippen LogP contribution in [0.2, 0.25) is 0 Å². The molecule has 2 nitrogen and oxygen atoms in total. The first-order chi connectivity index (χ1) is 12.0. The number of hydrogen-bond acceptors (Lipinski definition) is 2. The number of hydrogen-bond donors (Lipinski definition) is 0. The van der Waals surface area contributed by atoms with Gasteiger partial charge in [0.1, 0.15) is 0 Å². The molecule has 0 saturated heterocycles. The molecule has 2 rings (SSSR count). The van der Waals surface area contributed by atoms with Crippen LogP contribution in [0.3, 0.4) is 0 Å². The molecule has 140 valence electrons. The van der Waals surface area contributed by atoms with Crippen LogP contribution < -0.4 is 0 Å². The summed E-state index contributed by atoms with van der Waals surface area (Å²) in [6, 6.07) is 16.8. The molecule has 0 fully saturated rings. The SMILES string of the molecule is CN(CC(=O)c1ccc(C(C)(C)C)cc1)Cc1ccc(C(C)(C)C)cc1. The van der Waals surface area contributed by atoms with E-state index in [0.717, 1.165) is 12.1 Å². The van der Waals surface area contributed by atoms with Gasteiger partial charge in [-0.05, 0) is 34.6 Å². The molecule has 0 bridgehead atoms. The minimum atomic E-state index is 0.109. The van der Waals surface area contributed by atoms with Crippen molar-refractivity contribution in [1.29, 1.82) is 0 Å². The molecular weight excluding hydrogens is 318 g/mol. The first kappa shape index (κ1) is 20.4. The molecule has 0 spiro atoms. The van der Waals surface area contributed by atoms with Gasteiger partial charge in [-0.15, -0.1) is 0 Å². The highest BCUT2D eigenvalue weighted by molar-refractivity contribution is 5.97. The van der Waals surface area contributed by atoms with Crippen molar-refractivity contribution in [3.05, 3.63) is 70.8 Å². The zero-order valence-electron chi connectivity index (χ0n) is 17.4. The largest absolute Gasteiger partial charge is 0.295 e. The van der Waals surface area contributed by atoms with Crippen LogP contribution in [0.1, 0.15) is 68.6 Å². The second-order valence-corrected chi connectivity index (χ2v) is 9.37. The first-order valence-corrected chi connectivity index (χ1v) is 9.38. The van der Waals surface area contributed by atoms with E-state index in [2.05, 4.69) is 82.8 Å². The summed E-state index contributed by atoms with van der Waals surface area (Å²) in [5.74, 6) is 0.166. The average Bonchev–Trinajstić information content (AvgIpc) is 2.53. The van der Waals surface area contributed by atoms with Crippen molar-refractivity contribution < 1.29 is 4.79 Å². The molecule has 0 aliphatic carbocycles. The van der Waals surface area contributed by atoms with E-state index in [9.17, 15) is 4.79 Å². The Morgan fingerprint density at radius 1 is 0.769 bits per heavy atom. The molecule has 0 unspecified atom stereocenters. The van der Waals surface area contributed by atoms with Gasteiger partial charge in [0.2, 0.25) is 0 Å². The first-order valence-electron chi connectivity index (χ1n) is 9.38. The summed E-state index contributed by atoms with van der Waals surface area (Å²) < 4.78 is 0. The van der Waals surface area contributed by atoms with Crippen LogP contribution in [0, 0.1) is 0 Å². The van der Waals surface area contributed by atoms with Gasteiger partial charge in [0.15, 0.2) is 5.78 Å². The molecule has 0 radical (unpaired) electrons. The second kappa shape index (κ2) is 7.75. The van der Waals surface area contributed by atoms with Crippen LogP contribution in [0.25, 0.3) is 0 Å². The summed E-state index contributed by atoms with van der Waals surface area (Å²) in [4.78, 5) is 14.6. The Balaban J connectivity index is 1.96. The fourth-order valence-electron chi connectivity index (χ4n) is 2.97. The van der Waals surface area contributed by atoms with Crippen molar-refractivity contribution in [1.82, 2.24) is 4.90 Å². The molecule has 0 heterocycles. The maximum Gasteiger partial charge on any atom is 0.176 e. The van der Waals surface area contributed by atoms with Crippen molar-refractivity contribution in [2.75, 3.05) is 13.6 Å². The summed E-state index contributed by atoms with van der Waals surface area (Å²) in [6.45, 7) is 14.4. The molecule has 0 atom stereocenters. The van der Waals surface area contributed by atoms with Gasteiger partial charge in [0, 0.05) is 12.1 Å². The zero-order valence-corrected chi connectivity index (χ0v) is 17.4. The third-order valence-electron chi connectivity index (χ3n) is 4.76. The summed E-state index contributed by atoms with van der Waals surface area (Å²) in [5.41, 5.74) is 4.88. The van der Waals surface area contributed by atoms with Gasteiger partial charge in [-0.2, -0.15) is 0 Å². The maximum absolute atomic E-state index is 12.6. The molecule has 0 N–H and O–H groups in total. The van der Waals surface area contributed by atoms with E-state index in [0.29, 0.717) is 6.54 Å². The van der Waals surface area contributed by atoms with E-state index >= 15 is 0 Å². The van der Waals surface area contributed by atoms with E-state index in [4.69, 9.17) is 0 Å². The third kappa shape index (κ3) is 5.54. The van der Waals surface area contributed by atoms with E-state index < -0.39 is 0 Å². The number of ketones is 1. The molecular formula is C24H33NO. The minimum Gasteiger partial charge on any atom is -0.295 e. The maximum atomic E-state index is 12.6. The lowest BCUT2D eigenvalue weighted by atomic mass is 9.86. The van der Waals surface area contributed by atoms with Crippen molar-refractivity contribution in [3.8, 4) is 0 Å². The lowest BCUT2D eigenvalue weighted by molar-refractivity contribution is 0.0943. The summed E-state index contributed by atoms with van der Waals surface area (Å²) in [6.07, 6.45) is 0. The van der Waals surface area contributed by atoms with Gasteiger partial charge < -0.3 is 0 Å². The molecule has 26 heavy (non-hydrogen) atoms. The fourth-order valence-corrected chi connectivity index (χ4v) is 2.97. The van der Waals surface area contributed by atoms with Crippen LogP contribution in [0.5, 0.6) is 0 Å². The molecule has 2 aromatic carbocycles. The van der Waals surface area contributed by atoms with Gasteiger partial charge in [0.05, 0.1) is 6.54 Å². The van der Waals surface area contributed by atoms with E-state index in [1.54, 1.807) is 0 Å². The molecule has 0 amide bonds. The molecule has 0 saturated carbocycles. The smallest absolute Gasteiger partial charge is 0.176 e. The molecule has 0 aromatic heterocycles. The average molecular weight is 352 g/mol. The van der Waals surface area contributed by atoms with E-state index in [-0.39, 0.29) is 16.6 Å². The molecule has 2 aromatic rings. The van der Waals surface area contributed by atoms with E-state index in [1.807, 2.05) is 19.2 Å². The van der Waals surface area contributed by atoms with Crippen molar-refractivity contribution in [3.63, 3.8) is 0 Å². The highest BCUT2D eigenvalue weighted by Gasteiger charge is 2.16. The van der Waals surface area contributed by atoms with Crippen LogP contribution in [0.4, 0.5) is 0 Å². The number of rotatable bonds is 5. The number of likely N-dealkylation sites (N-methyl/N-ethyl adjacent to an activating group) is 1. The quantitative estimate of drug-likeness (QED) is 0.654. The normalized spacial score (nSPS) is 12.5. The molecule has 2 heteroatoms. The van der Waals surface area contributed by atoms with Crippen LogP contribution in [-0.4, -0.2) is 24.3 Å². The highest BCUT2D eigenvalue weighted by atomic mass is 16.1. The Hall–Kier alpha value is -1.93. The van der Waals surface area contributed by atoms with Gasteiger partial charge in [-0.1, -0.05) is 90.1 Å². The Bertz CT molecular complexity index is 728. The van der Waals surface area contributed by atoms with Crippen LogP contribution in [0.15, 0.2) is 48.5 Å². The number of benzene rings is 2. The number of Topliss-reactive ketones (excluding diaryl/α,β-unsaturated/α-hetero) is 1. The third-order valence-corrected chi connectivity index (χ3v) is 4.76. The van der Waals surface area contributed by atoms with Crippen molar-refractivity contribution >= 4 is 5.78 Å². The fraction of sp³-hybridized carbons (Fsp3) is 0.458. The van der Waals surface area contributed by atoms with Crippen molar-refractivity contribution in [2.45, 2.75) is 58.9 Å². The van der Waals surface area contributed by atoms with Crippen LogP contribution >= 0.6 is 0 Å². The lowest BCUT2D eigenvalue weighted by Gasteiger charge is -2.21. The Morgan fingerprint density at radius 3 is 1.62 bits per heavy atom. The predicted molar refractivity (Wildman–Crippen MR) is 111 cm³/mol. The number of carbonyl (C=O) groups excluding carboxylic acids is 1. The minimum absolute atomic E-state index is 0.109. The zero-order chi connectivity index (χ0) is 19.5. The molecule has 0 aliphatic rings. The van der Waals surface area contributed by atoms with E-state index in [1.165, 1.54) is 16.7 Å². The van der Waals surface area contributed by atoms with Gasteiger partial charge in [0.25, 0.3) is 0 Å². The Labute approximate surface area is 159 Å². The van der Waals surface area contributed by atoms with Gasteiger partial charge in [-0.25, -0.2) is 0 Å². The van der Waals surface area contributed by atoms with Crippen LogP contribution in [-0.2, 0) is 17.4 Å². The highest BCUT2D eigenvalue weighted by Crippen LogP contribution is 2.23. The Morgan fingerprint density at radius 2 is 1.19 bits per heavy atom. The number of nitrogens with zero attached hydrogens (tertiary/aromatic N) is 1. The van der Waals surface area contributed by atoms with Gasteiger partial charge >= 0.3 is 0 Å². The standard InChI is InChI=1S/C24H33NO/c1-23(2,3)20-12-8-18(9-13-20)16-25(7)17-22(26)19-10-14-21(15-11-19)24(4,5)6/h8-15H,16-17H2,1-7H3. The van der Waals surface area contributed by atoms with Gasteiger partial charge in [-0.3, -0.25) is 9.69 Å². The topological polar surface area (TPSA) is 20.3 Å². The summed E-state index contributed by atoms with van der Waals surface area (Å²) in [7, 11) is 2.00. The summed E-state index contributed by atoms with van der Waals surface area (Å²) in [5, 5.41) is 0. The number of carbonyl (C=O) groups is 1. The Kier molecular flexibility index (Phi) is 6.08. The summed E-state index contributed by atoms with van der Waals surface area (Å²) >= 11 is 0. The van der Waals surface area contributed by atoms with Crippen molar-refractivity contribution in [2.24, 2.45) is 0 Å². The molecule has 0 aliphatic heterocycles. The lowest BCUT2D eigenvalue weighted by Crippen LogP contribution is -2.25. The second-order valence-electron chi connectivity index (χ2n) is 9.37. The monoisotopic (exact) mass is 351 g/mol.